The van der Waals surface area contributed by atoms with Gasteiger partial charge in [0.2, 0.25) is 0 Å². The second-order valence-corrected chi connectivity index (χ2v) is 4.07. The van der Waals surface area contributed by atoms with E-state index in [2.05, 4.69) is 50.0 Å². The van der Waals surface area contributed by atoms with Crippen molar-refractivity contribution < 1.29 is 0 Å². The van der Waals surface area contributed by atoms with Crippen LogP contribution in [-0.2, 0) is 0 Å². The number of hydrogen-bond acceptors (Lipinski definition) is 0. The summed E-state index contributed by atoms with van der Waals surface area (Å²) >= 11 is 0. The van der Waals surface area contributed by atoms with Gasteiger partial charge in [-0.25, -0.2) is 0 Å². The van der Waals surface area contributed by atoms with Crippen molar-refractivity contribution >= 4 is 0 Å². The lowest BCUT2D eigenvalue weighted by Crippen LogP contribution is -1.96. The van der Waals surface area contributed by atoms with E-state index in [4.69, 9.17) is 0 Å². The molecule has 1 unspecified atom stereocenters. The molecular formula is C14H16. The number of allylic oxidation sites excluding steroid dienone is 9. The van der Waals surface area contributed by atoms with E-state index in [1.807, 2.05) is 0 Å². The molecule has 72 valence electrons. The largest absolute Gasteiger partial charge is 0.100 e. The van der Waals surface area contributed by atoms with Crippen LogP contribution in [0.15, 0.2) is 59.8 Å². The van der Waals surface area contributed by atoms with Gasteiger partial charge in [0.05, 0.1) is 0 Å². The van der Waals surface area contributed by atoms with Crippen LogP contribution < -0.4 is 0 Å². The zero-order valence-electron chi connectivity index (χ0n) is 8.66. The van der Waals surface area contributed by atoms with Crippen molar-refractivity contribution in [2.24, 2.45) is 5.92 Å². The molecule has 0 spiro atoms. The molecule has 0 aromatic rings. The molecule has 0 bridgehead atoms. The van der Waals surface area contributed by atoms with Crippen LogP contribution in [-0.4, -0.2) is 0 Å². The van der Waals surface area contributed by atoms with Gasteiger partial charge < -0.3 is 0 Å². The normalized spacial score (nSPS) is 23.1. The summed E-state index contributed by atoms with van der Waals surface area (Å²) in [6.07, 6.45) is 15.5. The minimum Gasteiger partial charge on any atom is -0.100 e. The first kappa shape index (κ1) is 9.26. The SMILES string of the molecule is C=C(C)CCC1=C2C=CC=CC2C=C1. The fourth-order valence-electron chi connectivity index (χ4n) is 1.94. The lowest BCUT2D eigenvalue weighted by molar-refractivity contribution is 0.925. The summed E-state index contributed by atoms with van der Waals surface area (Å²) in [5.74, 6) is 0.542. The Bertz CT molecular complexity index is 361. The Morgan fingerprint density at radius 3 is 2.93 bits per heavy atom. The Morgan fingerprint density at radius 2 is 2.14 bits per heavy atom. The molecule has 0 radical (unpaired) electrons. The number of rotatable bonds is 3. The topological polar surface area (TPSA) is 0 Å². The molecule has 1 atom stereocenters. The Hall–Kier alpha value is -1.30. The second-order valence-electron chi connectivity index (χ2n) is 4.07. The molecule has 0 nitrogen and oxygen atoms in total. The third-order valence-electron chi connectivity index (χ3n) is 2.76. The molecule has 2 aliphatic carbocycles. The average molecular weight is 184 g/mol. The molecule has 2 rings (SSSR count). The van der Waals surface area contributed by atoms with E-state index < -0.39 is 0 Å². The van der Waals surface area contributed by atoms with Gasteiger partial charge in [0.25, 0.3) is 0 Å². The van der Waals surface area contributed by atoms with Crippen LogP contribution >= 0.6 is 0 Å². The predicted molar refractivity (Wildman–Crippen MR) is 62.0 cm³/mol. The van der Waals surface area contributed by atoms with Crippen molar-refractivity contribution in [1.29, 1.82) is 0 Å². The summed E-state index contributed by atoms with van der Waals surface area (Å²) < 4.78 is 0. The number of hydrogen-bond donors (Lipinski definition) is 0. The van der Waals surface area contributed by atoms with E-state index in [0.717, 1.165) is 12.8 Å². The van der Waals surface area contributed by atoms with Crippen LogP contribution in [0.4, 0.5) is 0 Å². The van der Waals surface area contributed by atoms with Crippen molar-refractivity contribution in [3.05, 3.63) is 59.8 Å². The zero-order valence-corrected chi connectivity index (χ0v) is 8.66. The van der Waals surface area contributed by atoms with E-state index in [-0.39, 0.29) is 0 Å². The molecule has 0 N–H and O–H groups in total. The van der Waals surface area contributed by atoms with Crippen LogP contribution in [0.3, 0.4) is 0 Å². The van der Waals surface area contributed by atoms with Gasteiger partial charge in [0.1, 0.15) is 0 Å². The highest BCUT2D eigenvalue weighted by atomic mass is 14.2. The van der Waals surface area contributed by atoms with Gasteiger partial charge in [0, 0.05) is 5.92 Å². The lowest BCUT2D eigenvalue weighted by Gasteiger charge is -2.10. The van der Waals surface area contributed by atoms with Gasteiger partial charge in [0.15, 0.2) is 0 Å². The first-order chi connectivity index (χ1) is 6.77. The van der Waals surface area contributed by atoms with E-state index in [1.54, 1.807) is 0 Å². The molecule has 0 amide bonds. The van der Waals surface area contributed by atoms with Crippen LogP contribution in [0.25, 0.3) is 0 Å². The van der Waals surface area contributed by atoms with Gasteiger partial charge in [-0.1, -0.05) is 42.0 Å². The van der Waals surface area contributed by atoms with Crippen LogP contribution in [0, 0.1) is 5.92 Å². The third kappa shape index (κ3) is 1.79. The van der Waals surface area contributed by atoms with Gasteiger partial charge in [-0.15, -0.1) is 6.58 Å². The predicted octanol–water partition coefficient (Wildman–Crippen LogP) is 3.95. The maximum absolute atomic E-state index is 3.94. The summed E-state index contributed by atoms with van der Waals surface area (Å²) in [6.45, 7) is 6.04. The molecule has 0 aromatic heterocycles. The molecule has 0 saturated carbocycles. The Labute approximate surface area is 86.0 Å². The molecule has 0 fully saturated rings. The molecule has 2 aliphatic rings. The summed E-state index contributed by atoms with van der Waals surface area (Å²) in [6, 6.07) is 0. The smallest absolute Gasteiger partial charge is 0.0207 e. The fraction of sp³-hybridized carbons (Fsp3) is 0.286. The first-order valence-corrected chi connectivity index (χ1v) is 5.18. The third-order valence-corrected chi connectivity index (χ3v) is 2.76. The summed E-state index contributed by atoms with van der Waals surface area (Å²) in [5, 5.41) is 0. The highest BCUT2D eigenvalue weighted by Crippen LogP contribution is 2.32. The van der Waals surface area contributed by atoms with Crippen LogP contribution in [0.1, 0.15) is 19.8 Å². The fourth-order valence-corrected chi connectivity index (χ4v) is 1.94. The van der Waals surface area contributed by atoms with Crippen LogP contribution in [0.5, 0.6) is 0 Å². The summed E-state index contributed by atoms with van der Waals surface area (Å²) in [4.78, 5) is 0. The monoisotopic (exact) mass is 184 g/mol. The van der Waals surface area contributed by atoms with Gasteiger partial charge >= 0.3 is 0 Å². The Balaban J connectivity index is 2.11. The molecule has 0 aromatic carbocycles. The lowest BCUT2D eigenvalue weighted by atomic mass is 9.94. The van der Waals surface area contributed by atoms with Crippen molar-refractivity contribution in [2.75, 3.05) is 0 Å². The van der Waals surface area contributed by atoms with Crippen molar-refractivity contribution in [3.63, 3.8) is 0 Å². The van der Waals surface area contributed by atoms with Crippen molar-refractivity contribution in [2.45, 2.75) is 19.8 Å². The molecule has 14 heavy (non-hydrogen) atoms. The first-order valence-electron chi connectivity index (χ1n) is 5.18. The van der Waals surface area contributed by atoms with Gasteiger partial charge in [-0.2, -0.15) is 0 Å². The molecule has 0 heterocycles. The standard InChI is InChI=1S/C14H16/c1-11(2)7-8-13-10-9-12-5-3-4-6-14(12)13/h3-6,9-10,12H,1,7-8H2,2H3. The van der Waals surface area contributed by atoms with Gasteiger partial charge in [-0.05, 0) is 30.9 Å². The Morgan fingerprint density at radius 1 is 1.29 bits per heavy atom. The van der Waals surface area contributed by atoms with Crippen molar-refractivity contribution in [1.82, 2.24) is 0 Å². The quantitative estimate of drug-likeness (QED) is 0.582. The zero-order chi connectivity index (χ0) is 9.97. The van der Waals surface area contributed by atoms with E-state index in [9.17, 15) is 0 Å². The van der Waals surface area contributed by atoms with Crippen LogP contribution in [0.2, 0.25) is 0 Å². The maximum atomic E-state index is 3.94. The maximum Gasteiger partial charge on any atom is 0.0207 e. The number of fused-ring (bicyclic) bond motifs is 1. The molecule has 0 aliphatic heterocycles. The minimum atomic E-state index is 0.542. The average Bonchev–Trinajstić information content (AvgIpc) is 2.58. The van der Waals surface area contributed by atoms with E-state index in [1.165, 1.54) is 16.7 Å². The molecule has 0 saturated heterocycles. The highest BCUT2D eigenvalue weighted by molar-refractivity contribution is 5.48. The highest BCUT2D eigenvalue weighted by Gasteiger charge is 2.16. The molecule has 0 heteroatoms. The van der Waals surface area contributed by atoms with E-state index in [0.29, 0.717) is 5.92 Å². The summed E-state index contributed by atoms with van der Waals surface area (Å²) in [5.41, 5.74) is 4.23. The van der Waals surface area contributed by atoms with Crippen molar-refractivity contribution in [3.8, 4) is 0 Å². The second kappa shape index (κ2) is 3.83. The minimum absolute atomic E-state index is 0.542. The van der Waals surface area contributed by atoms with Gasteiger partial charge in [-0.3, -0.25) is 0 Å². The molecular weight excluding hydrogens is 168 g/mol. The summed E-state index contributed by atoms with van der Waals surface area (Å²) in [7, 11) is 0. The van der Waals surface area contributed by atoms with E-state index >= 15 is 0 Å². The Kier molecular flexibility index (Phi) is 2.53.